The molecule has 0 aromatic heterocycles. The third kappa shape index (κ3) is 6.62. The molecular weight excluding hydrogens is 230 g/mol. The van der Waals surface area contributed by atoms with E-state index in [9.17, 15) is 9.59 Å². The lowest BCUT2D eigenvalue weighted by Gasteiger charge is -2.20. The summed E-state index contributed by atoms with van der Waals surface area (Å²) in [6, 6.07) is 0. The van der Waals surface area contributed by atoms with Gasteiger partial charge in [-0.15, -0.1) is 0 Å². The van der Waals surface area contributed by atoms with E-state index in [2.05, 4.69) is 6.92 Å². The molecular formula is C14H25NO3. The van der Waals surface area contributed by atoms with Crippen molar-refractivity contribution in [1.29, 1.82) is 0 Å². The first kappa shape index (κ1) is 15.0. The number of rotatable bonds is 10. The first-order chi connectivity index (χ1) is 8.63. The minimum absolute atomic E-state index is 0.0146. The fourth-order valence-corrected chi connectivity index (χ4v) is 2.07. The zero-order chi connectivity index (χ0) is 13.4. The summed E-state index contributed by atoms with van der Waals surface area (Å²) < 4.78 is 0. The molecule has 18 heavy (non-hydrogen) atoms. The molecule has 0 heterocycles. The Bertz CT molecular complexity index is 274. The fourth-order valence-electron chi connectivity index (χ4n) is 2.07. The maximum absolute atomic E-state index is 11.9. The standard InChI is InChI=1S/C14H25NO3/c1-2-3-4-5-6-7-13(16)15(11-14(17)18)10-12-8-9-12/h12H,2-11H2,1H3,(H,17,18). The molecule has 4 nitrogen and oxygen atoms in total. The van der Waals surface area contributed by atoms with E-state index in [1.807, 2.05) is 0 Å². The SMILES string of the molecule is CCCCCCCC(=O)N(CC(=O)O)CC1CC1. The number of nitrogens with zero attached hydrogens (tertiary/aromatic N) is 1. The molecule has 1 aliphatic rings. The minimum Gasteiger partial charge on any atom is -0.480 e. The molecule has 1 N–H and O–H groups in total. The van der Waals surface area contributed by atoms with Crippen molar-refractivity contribution >= 4 is 11.9 Å². The molecule has 0 bridgehead atoms. The normalized spacial score (nSPS) is 14.5. The van der Waals surface area contributed by atoms with Gasteiger partial charge in [0.25, 0.3) is 0 Å². The van der Waals surface area contributed by atoms with Crippen molar-refractivity contribution in [2.45, 2.75) is 58.3 Å². The molecule has 0 aliphatic heterocycles. The summed E-state index contributed by atoms with van der Waals surface area (Å²) in [5.41, 5.74) is 0. The first-order valence-corrected chi connectivity index (χ1v) is 7.13. The van der Waals surface area contributed by atoms with Crippen molar-refractivity contribution in [3.63, 3.8) is 0 Å². The molecule has 0 aromatic rings. The predicted octanol–water partition coefficient (Wildman–Crippen LogP) is 2.67. The number of amides is 1. The molecule has 104 valence electrons. The molecule has 0 aromatic carbocycles. The van der Waals surface area contributed by atoms with Crippen LogP contribution in [0.3, 0.4) is 0 Å². The van der Waals surface area contributed by atoms with Crippen LogP contribution in [0.4, 0.5) is 0 Å². The highest BCUT2D eigenvalue weighted by Crippen LogP contribution is 2.29. The Morgan fingerprint density at radius 2 is 1.83 bits per heavy atom. The smallest absolute Gasteiger partial charge is 0.323 e. The number of unbranched alkanes of at least 4 members (excludes halogenated alkanes) is 4. The Hall–Kier alpha value is -1.06. The number of carbonyl (C=O) groups is 2. The Kier molecular flexibility index (Phi) is 6.76. The maximum Gasteiger partial charge on any atom is 0.323 e. The van der Waals surface area contributed by atoms with Crippen LogP contribution in [0.25, 0.3) is 0 Å². The number of carbonyl (C=O) groups excluding carboxylic acids is 1. The highest BCUT2D eigenvalue weighted by Gasteiger charge is 2.27. The Morgan fingerprint density at radius 1 is 1.17 bits per heavy atom. The van der Waals surface area contributed by atoms with E-state index in [-0.39, 0.29) is 12.5 Å². The van der Waals surface area contributed by atoms with E-state index >= 15 is 0 Å². The van der Waals surface area contributed by atoms with E-state index < -0.39 is 5.97 Å². The van der Waals surface area contributed by atoms with Crippen LogP contribution in [0.5, 0.6) is 0 Å². The van der Waals surface area contributed by atoms with Crippen LogP contribution in [0.15, 0.2) is 0 Å². The summed E-state index contributed by atoms with van der Waals surface area (Å²) in [6.45, 7) is 2.67. The summed E-state index contributed by atoms with van der Waals surface area (Å²) >= 11 is 0. The molecule has 1 fully saturated rings. The van der Waals surface area contributed by atoms with E-state index in [0.717, 1.165) is 25.7 Å². The summed E-state index contributed by atoms with van der Waals surface area (Å²) in [4.78, 5) is 24.2. The van der Waals surface area contributed by atoms with E-state index in [1.165, 1.54) is 24.2 Å². The molecule has 1 amide bonds. The van der Waals surface area contributed by atoms with Gasteiger partial charge in [-0.2, -0.15) is 0 Å². The fraction of sp³-hybridized carbons (Fsp3) is 0.857. The van der Waals surface area contributed by atoms with Gasteiger partial charge in [0, 0.05) is 13.0 Å². The molecule has 0 atom stereocenters. The molecule has 0 unspecified atom stereocenters. The minimum atomic E-state index is -0.907. The molecule has 0 radical (unpaired) electrons. The third-order valence-electron chi connectivity index (χ3n) is 3.35. The molecule has 1 rings (SSSR count). The second-order valence-corrected chi connectivity index (χ2v) is 5.28. The quantitative estimate of drug-likeness (QED) is 0.611. The lowest BCUT2D eigenvalue weighted by atomic mass is 10.1. The van der Waals surface area contributed by atoms with Gasteiger partial charge in [0.1, 0.15) is 6.54 Å². The lowest BCUT2D eigenvalue weighted by molar-refractivity contribution is -0.144. The van der Waals surface area contributed by atoms with E-state index in [4.69, 9.17) is 5.11 Å². The summed E-state index contributed by atoms with van der Waals surface area (Å²) in [5, 5.41) is 8.81. The van der Waals surface area contributed by atoms with Crippen LogP contribution in [-0.2, 0) is 9.59 Å². The Morgan fingerprint density at radius 3 is 2.39 bits per heavy atom. The zero-order valence-electron chi connectivity index (χ0n) is 11.4. The summed E-state index contributed by atoms with van der Waals surface area (Å²) in [5.74, 6) is -0.343. The largest absolute Gasteiger partial charge is 0.480 e. The van der Waals surface area contributed by atoms with Gasteiger partial charge in [0.2, 0.25) is 5.91 Å². The maximum atomic E-state index is 11.9. The number of carboxylic acids is 1. The topological polar surface area (TPSA) is 57.6 Å². The van der Waals surface area contributed by atoms with Crippen LogP contribution < -0.4 is 0 Å². The number of hydrogen-bond donors (Lipinski definition) is 1. The Labute approximate surface area is 109 Å². The highest BCUT2D eigenvalue weighted by molar-refractivity contribution is 5.81. The van der Waals surface area contributed by atoms with Crippen LogP contribution in [0.2, 0.25) is 0 Å². The zero-order valence-corrected chi connectivity index (χ0v) is 11.4. The molecule has 0 spiro atoms. The van der Waals surface area contributed by atoms with E-state index in [1.54, 1.807) is 0 Å². The Balaban J connectivity index is 2.22. The van der Waals surface area contributed by atoms with Gasteiger partial charge in [0.05, 0.1) is 0 Å². The third-order valence-corrected chi connectivity index (χ3v) is 3.35. The van der Waals surface area contributed by atoms with Gasteiger partial charge < -0.3 is 10.0 Å². The van der Waals surface area contributed by atoms with Crippen molar-refractivity contribution in [1.82, 2.24) is 4.90 Å². The van der Waals surface area contributed by atoms with Crippen LogP contribution in [0, 0.1) is 5.92 Å². The lowest BCUT2D eigenvalue weighted by Crippen LogP contribution is -2.37. The molecule has 4 heteroatoms. The summed E-state index contributed by atoms with van der Waals surface area (Å²) in [6.07, 6.45) is 8.33. The van der Waals surface area contributed by atoms with Gasteiger partial charge in [-0.05, 0) is 25.2 Å². The number of aliphatic carboxylic acids is 1. The van der Waals surface area contributed by atoms with Crippen LogP contribution in [0.1, 0.15) is 58.3 Å². The number of carboxylic acid groups (broad SMARTS) is 1. The van der Waals surface area contributed by atoms with Gasteiger partial charge in [0.15, 0.2) is 0 Å². The van der Waals surface area contributed by atoms with Gasteiger partial charge in [-0.25, -0.2) is 0 Å². The van der Waals surface area contributed by atoms with Crippen molar-refractivity contribution in [3.8, 4) is 0 Å². The second-order valence-electron chi connectivity index (χ2n) is 5.28. The average molecular weight is 255 g/mol. The van der Waals surface area contributed by atoms with Gasteiger partial charge in [-0.3, -0.25) is 9.59 Å². The first-order valence-electron chi connectivity index (χ1n) is 7.13. The molecule has 0 saturated heterocycles. The van der Waals surface area contributed by atoms with Gasteiger partial charge >= 0.3 is 5.97 Å². The molecule has 1 aliphatic carbocycles. The van der Waals surface area contributed by atoms with Crippen LogP contribution >= 0.6 is 0 Å². The predicted molar refractivity (Wildman–Crippen MR) is 70.3 cm³/mol. The molecule has 1 saturated carbocycles. The highest BCUT2D eigenvalue weighted by atomic mass is 16.4. The van der Waals surface area contributed by atoms with Crippen molar-refractivity contribution < 1.29 is 14.7 Å². The van der Waals surface area contributed by atoms with Crippen molar-refractivity contribution in [2.75, 3.05) is 13.1 Å². The van der Waals surface area contributed by atoms with E-state index in [0.29, 0.717) is 18.9 Å². The summed E-state index contributed by atoms with van der Waals surface area (Å²) in [7, 11) is 0. The van der Waals surface area contributed by atoms with Gasteiger partial charge in [-0.1, -0.05) is 32.6 Å². The van der Waals surface area contributed by atoms with Crippen LogP contribution in [-0.4, -0.2) is 35.0 Å². The monoisotopic (exact) mass is 255 g/mol. The average Bonchev–Trinajstić information content (AvgIpc) is 3.11. The van der Waals surface area contributed by atoms with Crippen molar-refractivity contribution in [3.05, 3.63) is 0 Å². The second kappa shape index (κ2) is 8.11. The number of hydrogen-bond acceptors (Lipinski definition) is 2. The van der Waals surface area contributed by atoms with Crippen molar-refractivity contribution in [2.24, 2.45) is 5.92 Å².